The zero-order valence-electron chi connectivity index (χ0n) is 10.1. The largest absolute Gasteiger partial charge is 0.397 e. The molecule has 1 unspecified atom stereocenters. The van der Waals surface area contributed by atoms with E-state index in [0.717, 1.165) is 6.42 Å². The van der Waals surface area contributed by atoms with E-state index < -0.39 is 18.5 Å². The lowest BCUT2D eigenvalue weighted by Gasteiger charge is -2.12. The van der Waals surface area contributed by atoms with E-state index in [1.165, 1.54) is 16.9 Å². The molecule has 2 rings (SSSR count). The van der Waals surface area contributed by atoms with E-state index >= 15 is 0 Å². The number of hydrogen-bond donors (Lipinski definition) is 1. The number of nitrogens with zero attached hydrogens (tertiary/aromatic N) is 2. The first-order valence-corrected chi connectivity index (χ1v) is 5.90. The van der Waals surface area contributed by atoms with Crippen molar-refractivity contribution >= 4 is 11.7 Å². The van der Waals surface area contributed by atoms with Crippen molar-refractivity contribution in [3.8, 4) is 0 Å². The van der Waals surface area contributed by atoms with Gasteiger partial charge in [-0.15, -0.1) is 0 Å². The van der Waals surface area contributed by atoms with Gasteiger partial charge in [0.25, 0.3) is 0 Å². The van der Waals surface area contributed by atoms with E-state index in [4.69, 9.17) is 4.74 Å². The van der Waals surface area contributed by atoms with Crippen LogP contribution in [0.25, 0.3) is 0 Å². The molecule has 2 heterocycles. The van der Waals surface area contributed by atoms with Crippen LogP contribution in [0.5, 0.6) is 0 Å². The minimum atomic E-state index is -4.51. The average molecular weight is 277 g/mol. The van der Waals surface area contributed by atoms with Gasteiger partial charge in [0.05, 0.1) is 12.8 Å². The van der Waals surface area contributed by atoms with Gasteiger partial charge >= 0.3 is 6.18 Å². The van der Waals surface area contributed by atoms with Crippen LogP contribution in [-0.4, -0.2) is 35.1 Å². The number of anilines is 1. The van der Waals surface area contributed by atoms with Gasteiger partial charge < -0.3 is 10.1 Å². The summed E-state index contributed by atoms with van der Waals surface area (Å²) in [4.78, 5) is 11.2. The van der Waals surface area contributed by atoms with E-state index in [1.807, 2.05) is 0 Å². The van der Waals surface area contributed by atoms with Crippen LogP contribution >= 0.6 is 0 Å². The molecule has 1 atom stereocenters. The highest BCUT2D eigenvalue weighted by atomic mass is 19.4. The molecule has 1 aliphatic heterocycles. The molecular weight excluding hydrogens is 263 g/mol. The minimum absolute atomic E-state index is 0.276. The maximum absolute atomic E-state index is 12.1. The zero-order valence-corrected chi connectivity index (χ0v) is 10.1. The van der Waals surface area contributed by atoms with Crippen molar-refractivity contribution in [1.82, 2.24) is 9.78 Å². The molecule has 1 aliphatic rings. The van der Waals surface area contributed by atoms with Crippen molar-refractivity contribution in [3.05, 3.63) is 12.3 Å². The highest BCUT2D eigenvalue weighted by Crippen LogP contribution is 2.21. The summed E-state index contributed by atoms with van der Waals surface area (Å²) in [6, 6.07) is 1.48. The Labute approximate surface area is 107 Å². The Morgan fingerprint density at radius 3 is 3.00 bits per heavy atom. The Morgan fingerprint density at radius 2 is 2.37 bits per heavy atom. The third kappa shape index (κ3) is 4.23. The molecule has 0 aromatic carbocycles. The number of aromatic nitrogens is 2. The Hall–Kier alpha value is -1.57. The van der Waals surface area contributed by atoms with Gasteiger partial charge in [-0.05, 0) is 6.42 Å². The maximum atomic E-state index is 12.1. The summed E-state index contributed by atoms with van der Waals surface area (Å²) in [7, 11) is 0. The van der Waals surface area contributed by atoms with Crippen molar-refractivity contribution in [2.75, 3.05) is 18.5 Å². The van der Waals surface area contributed by atoms with Crippen molar-refractivity contribution in [1.29, 1.82) is 0 Å². The Bertz CT molecular complexity index is 439. The third-order valence-electron chi connectivity index (χ3n) is 2.80. The van der Waals surface area contributed by atoms with E-state index in [1.54, 1.807) is 0 Å². The fraction of sp³-hybridized carbons (Fsp3) is 0.636. The number of hydrogen-bond acceptors (Lipinski definition) is 3. The molecule has 0 saturated carbocycles. The van der Waals surface area contributed by atoms with E-state index in [2.05, 4.69) is 10.4 Å². The third-order valence-corrected chi connectivity index (χ3v) is 2.80. The predicted octanol–water partition coefficient (Wildman–Crippen LogP) is 1.81. The number of carbonyl (C=O) groups excluding carboxylic acids is 1. The fourth-order valence-electron chi connectivity index (χ4n) is 1.93. The normalized spacial score (nSPS) is 19.6. The molecule has 0 bridgehead atoms. The summed E-state index contributed by atoms with van der Waals surface area (Å²) >= 11 is 0. The first-order chi connectivity index (χ1) is 8.94. The van der Waals surface area contributed by atoms with Crippen LogP contribution in [0.15, 0.2) is 12.3 Å². The predicted molar refractivity (Wildman–Crippen MR) is 60.5 cm³/mol. The van der Waals surface area contributed by atoms with E-state index in [9.17, 15) is 18.0 Å². The topological polar surface area (TPSA) is 56.2 Å². The number of halogens is 3. The van der Waals surface area contributed by atoms with Gasteiger partial charge in [0.15, 0.2) is 0 Å². The number of nitrogens with one attached hydrogen (secondary N) is 1. The molecule has 19 heavy (non-hydrogen) atoms. The summed E-state index contributed by atoms with van der Waals surface area (Å²) in [5.41, 5.74) is 0. The molecule has 0 aliphatic carbocycles. The van der Waals surface area contributed by atoms with Crippen LogP contribution < -0.4 is 5.32 Å². The highest BCUT2D eigenvalue weighted by Gasteiger charge is 2.31. The SMILES string of the molecule is O=C(CC(F)(F)F)Nc1ccnn1CC1CCOC1. The molecule has 106 valence electrons. The van der Waals surface area contributed by atoms with Crippen molar-refractivity contribution in [2.45, 2.75) is 25.6 Å². The molecule has 1 aromatic heterocycles. The lowest BCUT2D eigenvalue weighted by atomic mass is 10.1. The van der Waals surface area contributed by atoms with Crippen LogP contribution in [0.2, 0.25) is 0 Å². The quantitative estimate of drug-likeness (QED) is 0.913. The number of ether oxygens (including phenoxy) is 1. The Kier molecular flexibility index (Phi) is 4.08. The second-order valence-corrected chi connectivity index (χ2v) is 4.47. The summed E-state index contributed by atoms with van der Waals surface area (Å²) in [6.45, 7) is 1.81. The van der Waals surface area contributed by atoms with Gasteiger partial charge in [0.2, 0.25) is 5.91 Å². The van der Waals surface area contributed by atoms with Crippen molar-refractivity contribution < 1.29 is 22.7 Å². The molecule has 1 fully saturated rings. The molecule has 8 heteroatoms. The standard InChI is InChI=1S/C11H14F3N3O2/c12-11(13,14)5-10(18)16-9-1-3-15-17(9)6-8-2-4-19-7-8/h1,3,8H,2,4-7H2,(H,16,18). The second kappa shape index (κ2) is 5.60. The minimum Gasteiger partial charge on any atom is -0.381 e. The highest BCUT2D eigenvalue weighted by molar-refractivity contribution is 5.90. The monoisotopic (exact) mass is 277 g/mol. The molecule has 1 amide bonds. The smallest absolute Gasteiger partial charge is 0.381 e. The van der Waals surface area contributed by atoms with Gasteiger partial charge in [-0.3, -0.25) is 4.79 Å². The summed E-state index contributed by atoms with van der Waals surface area (Å²) in [5.74, 6) is -0.531. The number of carbonyl (C=O) groups is 1. The van der Waals surface area contributed by atoms with Crippen molar-refractivity contribution in [3.63, 3.8) is 0 Å². The van der Waals surface area contributed by atoms with Crippen LogP contribution in [0, 0.1) is 5.92 Å². The van der Waals surface area contributed by atoms with Crippen LogP contribution in [-0.2, 0) is 16.1 Å². The Morgan fingerprint density at radius 1 is 1.58 bits per heavy atom. The van der Waals surface area contributed by atoms with Crippen LogP contribution in [0.4, 0.5) is 19.0 Å². The van der Waals surface area contributed by atoms with Gasteiger partial charge in [0, 0.05) is 25.1 Å². The molecule has 0 radical (unpaired) electrons. The molecule has 1 N–H and O–H groups in total. The molecule has 1 aromatic rings. The van der Waals surface area contributed by atoms with Gasteiger partial charge in [-0.25, -0.2) is 4.68 Å². The zero-order chi connectivity index (χ0) is 13.9. The molecular formula is C11H14F3N3O2. The first-order valence-electron chi connectivity index (χ1n) is 5.90. The molecule has 0 spiro atoms. The molecule has 1 saturated heterocycles. The van der Waals surface area contributed by atoms with Gasteiger partial charge in [-0.1, -0.05) is 0 Å². The number of rotatable bonds is 4. The van der Waals surface area contributed by atoms with Crippen molar-refractivity contribution in [2.24, 2.45) is 5.92 Å². The lowest BCUT2D eigenvalue weighted by Crippen LogP contribution is -2.23. The lowest BCUT2D eigenvalue weighted by molar-refractivity contribution is -0.150. The maximum Gasteiger partial charge on any atom is 0.397 e. The number of alkyl halides is 3. The van der Waals surface area contributed by atoms with E-state index in [0.29, 0.717) is 19.8 Å². The summed E-state index contributed by atoms with van der Waals surface area (Å²) < 4.78 is 42.9. The average Bonchev–Trinajstić information content (AvgIpc) is 2.89. The summed E-state index contributed by atoms with van der Waals surface area (Å²) in [6.07, 6.45) is -3.67. The van der Waals surface area contributed by atoms with Crippen LogP contribution in [0.1, 0.15) is 12.8 Å². The van der Waals surface area contributed by atoms with Gasteiger partial charge in [-0.2, -0.15) is 18.3 Å². The summed E-state index contributed by atoms with van der Waals surface area (Å²) in [5, 5.41) is 6.22. The first kappa shape index (κ1) is 13.9. The fourth-order valence-corrected chi connectivity index (χ4v) is 1.93. The van der Waals surface area contributed by atoms with E-state index in [-0.39, 0.29) is 11.7 Å². The Balaban J connectivity index is 1.93. The second-order valence-electron chi connectivity index (χ2n) is 4.47. The van der Waals surface area contributed by atoms with Crippen LogP contribution in [0.3, 0.4) is 0 Å². The molecule has 5 nitrogen and oxygen atoms in total. The van der Waals surface area contributed by atoms with Gasteiger partial charge in [0.1, 0.15) is 12.2 Å². The number of amides is 1.